The second-order valence-electron chi connectivity index (χ2n) is 7.20. The van der Waals surface area contributed by atoms with Crippen molar-refractivity contribution in [3.05, 3.63) is 59.7 Å². The molecule has 1 saturated heterocycles. The third-order valence-corrected chi connectivity index (χ3v) is 5.24. The van der Waals surface area contributed by atoms with E-state index in [9.17, 15) is 4.79 Å². The number of carbonyl (C=O) groups excluding carboxylic acids is 1. The van der Waals surface area contributed by atoms with E-state index in [1.807, 2.05) is 11.0 Å². The van der Waals surface area contributed by atoms with Crippen LogP contribution in [0, 0.1) is 17.2 Å². The topological polar surface area (TPSA) is 62.6 Å². The first kappa shape index (κ1) is 19.8. The maximum atomic E-state index is 12.8. The standard InChI is InChI=1S/C23H26N2O3/c1-17(28-21-9-8-20(16-24)15-22(21)27-2)23(26)25-12-10-19(11-13-25)14-18-6-4-3-5-7-18/h3-9,15,17,19H,10-14H2,1-2H3/t17-/m1/s1. The predicted octanol–water partition coefficient (Wildman–Crippen LogP) is 3.82. The summed E-state index contributed by atoms with van der Waals surface area (Å²) in [5.41, 5.74) is 1.85. The average Bonchev–Trinajstić information content (AvgIpc) is 2.74. The summed E-state index contributed by atoms with van der Waals surface area (Å²) in [6.45, 7) is 3.28. The van der Waals surface area contributed by atoms with Gasteiger partial charge in [0.1, 0.15) is 0 Å². The lowest BCUT2D eigenvalue weighted by Gasteiger charge is -2.33. The zero-order valence-electron chi connectivity index (χ0n) is 16.4. The Morgan fingerprint density at radius 2 is 1.89 bits per heavy atom. The fourth-order valence-corrected chi connectivity index (χ4v) is 3.64. The van der Waals surface area contributed by atoms with Gasteiger partial charge in [-0.1, -0.05) is 30.3 Å². The van der Waals surface area contributed by atoms with Crippen LogP contribution >= 0.6 is 0 Å². The van der Waals surface area contributed by atoms with E-state index >= 15 is 0 Å². The predicted molar refractivity (Wildman–Crippen MR) is 107 cm³/mol. The normalized spacial score (nSPS) is 15.5. The molecule has 1 amide bonds. The molecule has 5 nitrogen and oxygen atoms in total. The van der Waals surface area contributed by atoms with Crippen LogP contribution in [0.25, 0.3) is 0 Å². The molecule has 2 aromatic carbocycles. The number of benzene rings is 2. The van der Waals surface area contributed by atoms with Crippen LogP contribution in [0.2, 0.25) is 0 Å². The molecule has 0 radical (unpaired) electrons. The van der Waals surface area contributed by atoms with E-state index in [1.54, 1.807) is 25.1 Å². The zero-order chi connectivity index (χ0) is 19.9. The van der Waals surface area contributed by atoms with Crippen molar-refractivity contribution < 1.29 is 14.3 Å². The van der Waals surface area contributed by atoms with E-state index in [4.69, 9.17) is 14.7 Å². The summed E-state index contributed by atoms with van der Waals surface area (Å²) in [7, 11) is 1.52. The number of amides is 1. The van der Waals surface area contributed by atoms with E-state index in [0.29, 0.717) is 23.0 Å². The molecular weight excluding hydrogens is 352 g/mol. The van der Waals surface area contributed by atoms with Crippen molar-refractivity contribution in [3.8, 4) is 17.6 Å². The van der Waals surface area contributed by atoms with Gasteiger partial charge in [0.05, 0.1) is 18.7 Å². The molecule has 0 aromatic heterocycles. The number of nitrogens with zero attached hydrogens (tertiary/aromatic N) is 2. The summed E-state index contributed by atoms with van der Waals surface area (Å²) < 4.78 is 11.1. The Balaban J connectivity index is 1.54. The smallest absolute Gasteiger partial charge is 0.263 e. The highest BCUT2D eigenvalue weighted by Gasteiger charge is 2.27. The Kier molecular flexibility index (Phi) is 6.54. The minimum Gasteiger partial charge on any atom is -0.493 e. The van der Waals surface area contributed by atoms with E-state index in [-0.39, 0.29) is 5.91 Å². The monoisotopic (exact) mass is 378 g/mol. The van der Waals surface area contributed by atoms with Crippen LogP contribution in [0.3, 0.4) is 0 Å². The molecular formula is C23H26N2O3. The second kappa shape index (κ2) is 9.27. The van der Waals surface area contributed by atoms with Gasteiger partial charge in [0.2, 0.25) is 0 Å². The Hall–Kier alpha value is -3.00. The summed E-state index contributed by atoms with van der Waals surface area (Å²) in [5.74, 6) is 1.53. The maximum absolute atomic E-state index is 12.8. The van der Waals surface area contributed by atoms with Gasteiger partial charge in [0.25, 0.3) is 5.91 Å². The van der Waals surface area contributed by atoms with Crippen molar-refractivity contribution in [2.45, 2.75) is 32.3 Å². The van der Waals surface area contributed by atoms with Crippen LogP contribution in [0.15, 0.2) is 48.5 Å². The van der Waals surface area contributed by atoms with Crippen molar-refractivity contribution in [2.24, 2.45) is 5.92 Å². The molecule has 0 unspecified atom stereocenters. The van der Waals surface area contributed by atoms with Crippen LogP contribution in [0.4, 0.5) is 0 Å². The van der Waals surface area contributed by atoms with Gasteiger partial charge < -0.3 is 14.4 Å². The first-order valence-corrected chi connectivity index (χ1v) is 9.68. The first-order valence-electron chi connectivity index (χ1n) is 9.68. The number of piperidine rings is 1. The van der Waals surface area contributed by atoms with Gasteiger partial charge in [0, 0.05) is 19.2 Å². The molecule has 2 aromatic rings. The fourth-order valence-electron chi connectivity index (χ4n) is 3.64. The van der Waals surface area contributed by atoms with Crippen LogP contribution in [-0.4, -0.2) is 37.1 Å². The van der Waals surface area contributed by atoms with Crippen molar-refractivity contribution in [2.75, 3.05) is 20.2 Å². The minimum atomic E-state index is -0.604. The molecule has 28 heavy (non-hydrogen) atoms. The molecule has 1 atom stereocenters. The van der Waals surface area contributed by atoms with Gasteiger partial charge in [0.15, 0.2) is 17.6 Å². The van der Waals surface area contributed by atoms with Gasteiger partial charge in [-0.05, 0) is 49.8 Å². The van der Waals surface area contributed by atoms with Gasteiger partial charge in [-0.25, -0.2) is 0 Å². The molecule has 1 aliphatic heterocycles. The highest BCUT2D eigenvalue weighted by Crippen LogP contribution is 2.29. The molecule has 1 fully saturated rings. The Bertz CT molecular complexity index is 837. The molecule has 0 aliphatic carbocycles. The van der Waals surface area contributed by atoms with Gasteiger partial charge in [-0.2, -0.15) is 5.26 Å². The molecule has 0 spiro atoms. The van der Waals surface area contributed by atoms with Crippen molar-refractivity contribution in [1.82, 2.24) is 4.90 Å². The number of ether oxygens (including phenoxy) is 2. The molecule has 0 N–H and O–H groups in total. The molecule has 5 heteroatoms. The summed E-state index contributed by atoms with van der Waals surface area (Å²) in [4.78, 5) is 14.7. The molecule has 146 valence electrons. The second-order valence-corrected chi connectivity index (χ2v) is 7.20. The Morgan fingerprint density at radius 3 is 2.54 bits per heavy atom. The van der Waals surface area contributed by atoms with Gasteiger partial charge in [-0.3, -0.25) is 4.79 Å². The van der Waals surface area contributed by atoms with E-state index in [2.05, 4.69) is 30.3 Å². The number of methoxy groups -OCH3 is 1. The molecule has 3 rings (SSSR count). The van der Waals surface area contributed by atoms with Crippen LogP contribution in [0.5, 0.6) is 11.5 Å². The van der Waals surface area contributed by atoms with Crippen LogP contribution in [0.1, 0.15) is 30.9 Å². The van der Waals surface area contributed by atoms with Gasteiger partial charge in [-0.15, -0.1) is 0 Å². The number of nitriles is 1. The highest BCUT2D eigenvalue weighted by molar-refractivity contribution is 5.81. The third kappa shape index (κ3) is 4.83. The van der Waals surface area contributed by atoms with E-state index in [0.717, 1.165) is 32.4 Å². The molecule has 0 bridgehead atoms. The highest BCUT2D eigenvalue weighted by atomic mass is 16.5. The molecule has 1 aliphatic rings. The third-order valence-electron chi connectivity index (χ3n) is 5.24. The summed E-state index contributed by atoms with van der Waals surface area (Å²) in [6.07, 6.45) is 2.48. The quantitative estimate of drug-likeness (QED) is 0.767. The largest absolute Gasteiger partial charge is 0.493 e. The Morgan fingerprint density at radius 1 is 1.18 bits per heavy atom. The molecule has 0 saturated carbocycles. The minimum absolute atomic E-state index is 0.00965. The lowest BCUT2D eigenvalue weighted by molar-refractivity contribution is -0.139. The fraction of sp³-hybridized carbons (Fsp3) is 0.391. The van der Waals surface area contributed by atoms with Crippen LogP contribution in [-0.2, 0) is 11.2 Å². The summed E-state index contributed by atoms with van der Waals surface area (Å²) in [5, 5.41) is 9.00. The average molecular weight is 378 g/mol. The van der Waals surface area contributed by atoms with E-state index < -0.39 is 6.10 Å². The summed E-state index contributed by atoms with van der Waals surface area (Å²) >= 11 is 0. The van der Waals surface area contributed by atoms with Crippen molar-refractivity contribution >= 4 is 5.91 Å². The lowest BCUT2D eigenvalue weighted by atomic mass is 9.90. The SMILES string of the molecule is COc1cc(C#N)ccc1O[C@H](C)C(=O)N1CCC(Cc2ccccc2)CC1. The van der Waals surface area contributed by atoms with Crippen molar-refractivity contribution in [3.63, 3.8) is 0 Å². The number of carbonyl (C=O) groups is 1. The van der Waals surface area contributed by atoms with Crippen LogP contribution < -0.4 is 9.47 Å². The maximum Gasteiger partial charge on any atom is 0.263 e. The van der Waals surface area contributed by atoms with Gasteiger partial charge >= 0.3 is 0 Å². The number of likely N-dealkylation sites (tertiary alicyclic amines) is 1. The number of hydrogen-bond acceptors (Lipinski definition) is 4. The Labute approximate surface area is 166 Å². The number of rotatable bonds is 6. The lowest BCUT2D eigenvalue weighted by Crippen LogP contribution is -2.45. The number of hydrogen-bond donors (Lipinski definition) is 0. The molecule has 1 heterocycles. The zero-order valence-corrected chi connectivity index (χ0v) is 16.4. The van der Waals surface area contributed by atoms with E-state index in [1.165, 1.54) is 12.7 Å². The van der Waals surface area contributed by atoms with Crippen molar-refractivity contribution in [1.29, 1.82) is 5.26 Å². The first-order chi connectivity index (χ1) is 13.6. The summed E-state index contributed by atoms with van der Waals surface area (Å²) in [6, 6.07) is 17.5.